The fraction of sp³-hybridized carbons (Fsp3) is 0.696. The maximum Gasteiger partial charge on any atom is 0.252 e. The van der Waals surface area contributed by atoms with E-state index in [1.54, 1.807) is 12.1 Å². The molecule has 0 radical (unpaired) electrons. The van der Waals surface area contributed by atoms with Gasteiger partial charge in [0.25, 0.3) is 5.91 Å². The van der Waals surface area contributed by atoms with E-state index < -0.39 is 11.8 Å². The molecule has 0 aromatic heterocycles. The van der Waals surface area contributed by atoms with E-state index in [1.807, 2.05) is 6.07 Å². The van der Waals surface area contributed by atoms with Gasteiger partial charge in [0.1, 0.15) is 5.75 Å². The molecule has 2 heterocycles. The molecule has 30 heavy (non-hydrogen) atoms. The molecule has 2 saturated heterocycles. The van der Waals surface area contributed by atoms with Crippen molar-refractivity contribution in [2.75, 3.05) is 19.6 Å². The van der Waals surface area contributed by atoms with Crippen molar-refractivity contribution in [3.8, 4) is 5.75 Å². The zero-order chi connectivity index (χ0) is 21.3. The minimum atomic E-state index is -2.45. The third-order valence-electron chi connectivity index (χ3n) is 7.47. The summed E-state index contributed by atoms with van der Waals surface area (Å²) in [5, 5.41) is 14.0. The van der Waals surface area contributed by atoms with Gasteiger partial charge < -0.3 is 16.2 Å². The van der Waals surface area contributed by atoms with E-state index in [0.29, 0.717) is 30.8 Å². The number of hydrogen-bond donors (Lipinski definition) is 3. The maximum atomic E-state index is 13.3. The Kier molecular flexibility index (Phi) is 6.30. The van der Waals surface area contributed by atoms with Crippen LogP contribution in [0.15, 0.2) is 18.2 Å². The van der Waals surface area contributed by atoms with Gasteiger partial charge in [-0.15, -0.1) is 0 Å². The molecule has 2 atom stereocenters. The Labute approximate surface area is 177 Å². The number of aromatic hydroxyl groups is 1. The highest BCUT2D eigenvalue weighted by molar-refractivity contribution is 5.96. The molecule has 166 valence electrons. The summed E-state index contributed by atoms with van der Waals surface area (Å²) in [5.41, 5.74) is 6.43. The number of amides is 1. The van der Waals surface area contributed by atoms with Gasteiger partial charge in [0.15, 0.2) is 0 Å². The number of alkyl halides is 2. The molecule has 3 aliphatic rings. The highest BCUT2D eigenvalue weighted by Crippen LogP contribution is 2.45. The summed E-state index contributed by atoms with van der Waals surface area (Å²) in [4.78, 5) is 14.1. The lowest BCUT2D eigenvalue weighted by Gasteiger charge is -2.39. The van der Waals surface area contributed by atoms with Crippen LogP contribution in [0.25, 0.3) is 0 Å². The van der Waals surface area contributed by atoms with Gasteiger partial charge in [0.2, 0.25) is 5.92 Å². The van der Waals surface area contributed by atoms with Crippen LogP contribution in [0, 0.1) is 5.92 Å². The Balaban J connectivity index is 1.27. The van der Waals surface area contributed by atoms with Crippen molar-refractivity contribution in [1.29, 1.82) is 0 Å². The summed E-state index contributed by atoms with van der Waals surface area (Å²) in [6.07, 6.45) is 5.56. The fourth-order valence-corrected chi connectivity index (χ4v) is 5.80. The van der Waals surface area contributed by atoms with Crippen LogP contribution in [0.2, 0.25) is 0 Å². The lowest BCUT2D eigenvalue weighted by molar-refractivity contribution is -0.0455. The van der Waals surface area contributed by atoms with Crippen LogP contribution in [-0.4, -0.2) is 53.6 Å². The first-order valence-corrected chi connectivity index (χ1v) is 11.3. The molecule has 1 aliphatic carbocycles. The third-order valence-corrected chi connectivity index (χ3v) is 7.47. The second kappa shape index (κ2) is 8.79. The summed E-state index contributed by atoms with van der Waals surface area (Å²) in [6.45, 7) is 2.68. The molecule has 2 unspecified atom stereocenters. The molecular formula is C23H33F2N3O2. The van der Waals surface area contributed by atoms with E-state index in [1.165, 1.54) is 0 Å². The zero-order valence-corrected chi connectivity index (χ0v) is 17.5. The molecule has 4 rings (SSSR count). The zero-order valence-electron chi connectivity index (χ0n) is 17.5. The Bertz CT molecular complexity index is 749. The number of hydrogen-bond acceptors (Lipinski definition) is 4. The maximum absolute atomic E-state index is 13.3. The summed E-state index contributed by atoms with van der Waals surface area (Å²) < 4.78 is 26.6. The number of primary amides is 1. The average Bonchev–Trinajstić information content (AvgIpc) is 2.93. The molecule has 5 nitrogen and oxygen atoms in total. The second-order valence-corrected chi connectivity index (χ2v) is 9.40. The summed E-state index contributed by atoms with van der Waals surface area (Å²) in [6, 6.07) is 6.26. The second-order valence-electron chi connectivity index (χ2n) is 9.40. The minimum Gasteiger partial charge on any atom is -0.507 e. The van der Waals surface area contributed by atoms with Crippen LogP contribution in [0.1, 0.15) is 73.2 Å². The lowest BCUT2D eigenvalue weighted by atomic mass is 9.83. The normalized spacial score (nSPS) is 29.2. The smallest absolute Gasteiger partial charge is 0.252 e. The number of carbonyl (C=O) groups is 1. The van der Waals surface area contributed by atoms with Crippen LogP contribution >= 0.6 is 0 Å². The van der Waals surface area contributed by atoms with Crippen LogP contribution in [0.5, 0.6) is 5.75 Å². The number of benzene rings is 1. The number of rotatable bonds is 7. The molecule has 7 heteroatoms. The van der Waals surface area contributed by atoms with Crippen molar-refractivity contribution in [2.24, 2.45) is 11.7 Å². The van der Waals surface area contributed by atoms with E-state index in [4.69, 9.17) is 5.73 Å². The van der Waals surface area contributed by atoms with Crippen molar-refractivity contribution in [3.05, 3.63) is 29.3 Å². The number of fused-ring (bicyclic) bond motifs is 2. The molecule has 2 bridgehead atoms. The minimum absolute atomic E-state index is 0.0286. The Morgan fingerprint density at radius 3 is 2.47 bits per heavy atom. The number of nitrogens with one attached hydrogen (secondary N) is 1. The number of para-hydroxylation sites is 1. The molecule has 3 fully saturated rings. The van der Waals surface area contributed by atoms with E-state index >= 15 is 0 Å². The Morgan fingerprint density at radius 2 is 1.83 bits per heavy atom. The number of nitrogens with zero attached hydrogens (tertiary/aromatic N) is 1. The number of piperidine rings is 1. The summed E-state index contributed by atoms with van der Waals surface area (Å²) in [7, 11) is 0. The fourth-order valence-electron chi connectivity index (χ4n) is 5.80. The number of nitrogens with two attached hydrogens (primary N) is 1. The monoisotopic (exact) mass is 421 g/mol. The van der Waals surface area contributed by atoms with Crippen LogP contribution in [0.4, 0.5) is 8.78 Å². The predicted octanol–water partition coefficient (Wildman–Crippen LogP) is 3.62. The Morgan fingerprint density at radius 1 is 1.17 bits per heavy atom. The molecule has 4 N–H and O–H groups in total. The van der Waals surface area contributed by atoms with Gasteiger partial charge in [-0.3, -0.25) is 9.69 Å². The highest BCUT2D eigenvalue weighted by atomic mass is 19.3. The molecule has 1 amide bonds. The van der Waals surface area contributed by atoms with Gasteiger partial charge in [-0.05, 0) is 68.5 Å². The topological polar surface area (TPSA) is 78.6 Å². The van der Waals surface area contributed by atoms with Crippen molar-refractivity contribution < 1.29 is 18.7 Å². The van der Waals surface area contributed by atoms with Crippen LogP contribution in [-0.2, 0) is 0 Å². The first-order valence-electron chi connectivity index (χ1n) is 11.3. The molecule has 1 aromatic rings. The predicted molar refractivity (Wildman–Crippen MR) is 112 cm³/mol. The van der Waals surface area contributed by atoms with Crippen molar-refractivity contribution >= 4 is 5.91 Å². The van der Waals surface area contributed by atoms with Crippen LogP contribution < -0.4 is 11.1 Å². The average molecular weight is 422 g/mol. The van der Waals surface area contributed by atoms with E-state index in [9.17, 15) is 18.7 Å². The van der Waals surface area contributed by atoms with E-state index in [-0.39, 0.29) is 30.1 Å². The van der Waals surface area contributed by atoms with E-state index in [2.05, 4.69) is 10.2 Å². The quantitative estimate of drug-likeness (QED) is 0.588. The van der Waals surface area contributed by atoms with Gasteiger partial charge in [0, 0.05) is 38.0 Å². The first kappa shape index (κ1) is 21.5. The lowest BCUT2D eigenvalue weighted by Crippen LogP contribution is -2.45. The number of carbonyl (C=O) groups excluding carboxylic acids is 1. The van der Waals surface area contributed by atoms with Gasteiger partial charge in [-0.2, -0.15) is 0 Å². The largest absolute Gasteiger partial charge is 0.507 e. The van der Waals surface area contributed by atoms with E-state index in [0.717, 1.165) is 50.9 Å². The molecule has 1 saturated carbocycles. The van der Waals surface area contributed by atoms with Gasteiger partial charge in [-0.25, -0.2) is 8.78 Å². The molecular weight excluding hydrogens is 388 g/mol. The van der Waals surface area contributed by atoms with Crippen molar-refractivity contribution in [2.45, 2.75) is 75.3 Å². The van der Waals surface area contributed by atoms with Crippen molar-refractivity contribution in [3.63, 3.8) is 0 Å². The highest BCUT2D eigenvalue weighted by Gasteiger charge is 2.41. The Hall–Kier alpha value is -1.73. The van der Waals surface area contributed by atoms with Gasteiger partial charge in [0.05, 0.1) is 5.56 Å². The van der Waals surface area contributed by atoms with Gasteiger partial charge >= 0.3 is 0 Å². The standard InChI is InChI=1S/C23H33F2N3O2/c24-23(25)8-6-15(7-9-23)14-27-10-11-28-17-4-5-18(28)13-16(12-17)19-2-1-3-20(21(19)29)22(26)30/h1-3,15-18,27,29H,4-14H2,(H2,26,30). The number of phenols is 1. The van der Waals surface area contributed by atoms with Gasteiger partial charge in [-0.1, -0.05) is 12.1 Å². The third kappa shape index (κ3) is 4.62. The van der Waals surface area contributed by atoms with Crippen molar-refractivity contribution in [1.82, 2.24) is 10.2 Å². The van der Waals surface area contributed by atoms with Crippen LogP contribution in [0.3, 0.4) is 0 Å². The summed E-state index contributed by atoms with van der Waals surface area (Å²) >= 11 is 0. The molecule has 2 aliphatic heterocycles. The molecule has 0 spiro atoms. The first-order chi connectivity index (χ1) is 14.3. The number of halogens is 2. The SMILES string of the molecule is NC(=O)c1cccc(C2CC3CCC(C2)N3CCNCC2CCC(F)(F)CC2)c1O. The summed E-state index contributed by atoms with van der Waals surface area (Å²) in [5.74, 6) is -2.39. The molecule has 1 aromatic carbocycles.